The van der Waals surface area contributed by atoms with Crippen molar-refractivity contribution in [3.05, 3.63) is 35.6 Å². The van der Waals surface area contributed by atoms with Gasteiger partial charge in [-0.05, 0) is 68.1 Å². The van der Waals surface area contributed by atoms with Crippen molar-refractivity contribution < 1.29 is 9.18 Å². The molecule has 144 valence electrons. The summed E-state index contributed by atoms with van der Waals surface area (Å²) in [5.74, 6) is 0.952. The van der Waals surface area contributed by atoms with Crippen molar-refractivity contribution in [1.82, 2.24) is 10.6 Å². The molecule has 3 atom stereocenters. The molecular formula is C21H30ClFN2O. The number of benzene rings is 1. The average Bonchev–Trinajstić information content (AvgIpc) is 3.23. The number of rotatable bonds is 5. The fraction of sp³-hybridized carbons (Fsp3) is 0.667. The smallest absolute Gasteiger partial charge is 0.220 e. The summed E-state index contributed by atoms with van der Waals surface area (Å²) in [4.78, 5) is 12.7. The normalized spacial score (nSPS) is 29.2. The summed E-state index contributed by atoms with van der Waals surface area (Å²) in [6, 6.07) is 7.97. The van der Waals surface area contributed by atoms with E-state index >= 15 is 0 Å². The Hall–Kier alpha value is -1.13. The molecule has 2 saturated heterocycles. The van der Waals surface area contributed by atoms with Crippen LogP contribution in [0.25, 0.3) is 0 Å². The van der Waals surface area contributed by atoms with E-state index in [2.05, 4.69) is 10.6 Å². The van der Waals surface area contributed by atoms with Gasteiger partial charge in [0, 0.05) is 18.5 Å². The van der Waals surface area contributed by atoms with Crippen LogP contribution in [0.5, 0.6) is 0 Å². The molecule has 1 amide bonds. The van der Waals surface area contributed by atoms with Gasteiger partial charge in [0.2, 0.25) is 5.91 Å². The highest BCUT2D eigenvalue weighted by atomic mass is 35.5. The lowest BCUT2D eigenvalue weighted by Gasteiger charge is -2.30. The number of nitrogens with one attached hydrogen (secondary N) is 2. The SMILES string of the molecule is Cl.O=C(CC1CC2CCC(C1)N2)NC(c1ccc(F)cc1)C1CCCC1. The molecule has 2 aliphatic heterocycles. The molecule has 5 heteroatoms. The lowest BCUT2D eigenvalue weighted by Crippen LogP contribution is -2.40. The van der Waals surface area contributed by atoms with Crippen LogP contribution in [0.1, 0.15) is 69.4 Å². The third-order valence-electron chi connectivity index (χ3n) is 6.46. The summed E-state index contributed by atoms with van der Waals surface area (Å²) in [6.07, 6.45) is 10.2. The van der Waals surface area contributed by atoms with Gasteiger partial charge in [0.15, 0.2) is 0 Å². The van der Waals surface area contributed by atoms with E-state index in [0.717, 1.165) is 31.2 Å². The molecule has 2 N–H and O–H groups in total. The molecular weight excluding hydrogens is 351 g/mol. The predicted octanol–water partition coefficient (Wildman–Crippen LogP) is 4.52. The zero-order valence-corrected chi connectivity index (χ0v) is 16.1. The molecule has 3 fully saturated rings. The number of amides is 1. The van der Waals surface area contributed by atoms with Crippen LogP contribution in [0.15, 0.2) is 24.3 Å². The van der Waals surface area contributed by atoms with Gasteiger partial charge in [0.25, 0.3) is 0 Å². The zero-order valence-electron chi connectivity index (χ0n) is 15.3. The van der Waals surface area contributed by atoms with Gasteiger partial charge in [-0.1, -0.05) is 25.0 Å². The molecule has 1 aromatic rings. The van der Waals surface area contributed by atoms with E-state index < -0.39 is 0 Å². The molecule has 3 unspecified atom stereocenters. The van der Waals surface area contributed by atoms with E-state index in [1.165, 1.54) is 37.8 Å². The van der Waals surface area contributed by atoms with E-state index in [1.807, 2.05) is 12.1 Å². The maximum atomic E-state index is 13.3. The molecule has 3 nitrogen and oxygen atoms in total. The van der Waals surface area contributed by atoms with E-state index in [-0.39, 0.29) is 30.2 Å². The van der Waals surface area contributed by atoms with Gasteiger partial charge in [-0.3, -0.25) is 4.79 Å². The van der Waals surface area contributed by atoms with Gasteiger partial charge in [-0.2, -0.15) is 0 Å². The quantitative estimate of drug-likeness (QED) is 0.788. The molecule has 1 aromatic carbocycles. The van der Waals surface area contributed by atoms with Crippen LogP contribution in [0.3, 0.4) is 0 Å². The number of halogens is 2. The topological polar surface area (TPSA) is 41.1 Å². The average molecular weight is 381 g/mol. The molecule has 0 spiro atoms. The van der Waals surface area contributed by atoms with Crippen molar-refractivity contribution >= 4 is 18.3 Å². The van der Waals surface area contributed by atoms with Gasteiger partial charge < -0.3 is 10.6 Å². The first-order valence-electron chi connectivity index (χ1n) is 9.98. The van der Waals surface area contributed by atoms with Crippen LogP contribution in [0.2, 0.25) is 0 Å². The summed E-state index contributed by atoms with van der Waals surface area (Å²) >= 11 is 0. The largest absolute Gasteiger partial charge is 0.349 e. The van der Waals surface area contributed by atoms with Gasteiger partial charge in [0.05, 0.1) is 6.04 Å². The van der Waals surface area contributed by atoms with E-state index in [4.69, 9.17) is 0 Å². The van der Waals surface area contributed by atoms with Crippen LogP contribution in [0, 0.1) is 17.7 Å². The second-order valence-corrected chi connectivity index (χ2v) is 8.32. The number of hydrogen-bond acceptors (Lipinski definition) is 2. The van der Waals surface area contributed by atoms with Crippen molar-refractivity contribution in [2.75, 3.05) is 0 Å². The Labute approximate surface area is 161 Å². The number of carbonyl (C=O) groups excluding carboxylic acids is 1. The van der Waals surface area contributed by atoms with Crippen molar-refractivity contribution in [2.45, 2.75) is 75.9 Å². The molecule has 2 bridgehead atoms. The Morgan fingerprint density at radius 3 is 2.31 bits per heavy atom. The minimum Gasteiger partial charge on any atom is -0.349 e. The third-order valence-corrected chi connectivity index (χ3v) is 6.46. The third kappa shape index (κ3) is 4.58. The molecule has 26 heavy (non-hydrogen) atoms. The Kier molecular flexibility index (Phi) is 6.57. The van der Waals surface area contributed by atoms with Gasteiger partial charge >= 0.3 is 0 Å². The number of hydrogen-bond donors (Lipinski definition) is 2. The van der Waals surface area contributed by atoms with Crippen molar-refractivity contribution in [1.29, 1.82) is 0 Å². The van der Waals surface area contributed by atoms with Crippen LogP contribution >= 0.6 is 12.4 Å². The molecule has 4 rings (SSSR count). The fourth-order valence-corrected chi connectivity index (χ4v) is 5.27. The highest BCUT2D eigenvalue weighted by Gasteiger charge is 2.35. The van der Waals surface area contributed by atoms with E-state index in [0.29, 0.717) is 30.3 Å². The lowest BCUT2D eigenvalue weighted by atomic mass is 9.88. The molecule has 0 radical (unpaired) electrons. The van der Waals surface area contributed by atoms with Gasteiger partial charge in [0.1, 0.15) is 5.82 Å². The number of fused-ring (bicyclic) bond motifs is 2. The zero-order chi connectivity index (χ0) is 17.2. The van der Waals surface area contributed by atoms with Gasteiger partial charge in [-0.25, -0.2) is 4.39 Å². The minimum atomic E-state index is -0.217. The summed E-state index contributed by atoms with van der Waals surface area (Å²) in [5, 5.41) is 6.95. The van der Waals surface area contributed by atoms with E-state index in [9.17, 15) is 9.18 Å². The van der Waals surface area contributed by atoms with Crippen molar-refractivity contribution in [2.24, 2.45) is 11.8 Å². The standard InChI is InChI=1S/C21H29FN2O.ClH/c22-17-7-5-16(6-8-17)21(15-3-1-2-4-15)24-20(25)13-14-11-18-9-10-19(12-14)23-18;/h5-8,14-15,18-19,21,23H,1-4,9-13H2,(H,24,25);1H. The monoisotopic (exact) mass is 380 g/mol. The number of carbonyl (C=O) groups is 1. The molecule has 1 saturated carbocycles. The maximum Gasteiger partial charge on any atom is 0.220 e. The summed E-state index contributed by atoms with van der Waals surface area (Å²) < 4.78 is 13.3. The second kappa shape index (κ2) is 8.71. The van der Waals surface area contributed by atoms with Crippen LogP contribution < -0.4 is 10.6 Å². The molecule has 2 heterocycles. The molecule has 3 aliphatic rings. The van der Waals surface area contributed by atoms with Crippen molar-refractivity contribution in [3.63, 3.8) is 0 Å². The summed E-state index contributed by atoms with van der Waals surface area (Å²) in [5.41, 5.74) is 1.05. The summed E-state index contributed by atoms with van der Waals surface area (Å²) in [6.45, 7) is 0. The first-order chi connectivity index (χ1) is 12.2. The minimum absolute atomic E-state index is 0. The lowest BCUT2D eigenvalue weighted by molar-refractivity contribution is -0.123. The highest BCUT2D eigenvalue weighted by molar-refractivity contribution is 5.85. The molecule has 0 aromatic heterocycles. The Morgan fingerprint density at radius 2 is 1.69 bits per heavy atom. The van der Waals surface area contributed by atoms with Crippen LogP contribution in [-0.2, 0) is 4.79 Å². The first-order valence-corrected chi connectivity index (χ1v) is 9.98. The Balaban J connectivity index is 0.00000196. The van der Waals surface area contributed by atoms with E-state index in [1.54, 1.807) is 0 Å². The Bertz CT molecular complexity index is 591. The first kappa shape index (κ1) is 19.6. The molecule has 1 aliphatic carbocycles. The second-order valence-electron chi connectivity index (χ2n) is 8.32. The maximum absolute atomic E-state index is 13.3. The van der Waals surface area contributed by atoms with Crippen molar-refractivity contribution in [3.8, 4) is 0 Å². The Morgan fingerprint density at radius 1 is 1.08 bits per heavy atom. The highest BCUT2D eigenvalue weighted by Crippen LogP contribution is 2.37. The van der Waals surface area contributed by atoms with Crippen LogP contribution in [0.4, 0.5) is 4.39 Å². The predicted molar refractivity (Wildman–Crippen MR) is 104 cm³/mol. The summed E-state index contributed by atoms with van der Waals surface area (Å²) in [7, 11) is 0. The fourth-order valence-electron chi connectivity index (χ4n) is 5.27. The van der Waals surface area contributed by atoms with Gasteiger partial charge in [-0.15, -0.1) is 12.4 Å². The number of piperidine rings is 1. The van der Waals surface area contributed by atoms with Crippen LogP contribution in [-0.4, -0.2) is 18.0 Å².